The minimum Gasteiger partial charge on any atom is -0.507 e. The molecule has 1 saturated carbocycles. The standard InChI is InChI=1S/C45H70O6Si/c1-15-16-17-19-31-25-35(46)39(34-24-28(4)21-22-32(34)27(2)3)36(26-31)49-23-18-20-33-29(5)37-38(30(6)51-52(13,14)45(10,11)12)42(47)41(37)40(33)43(48)50-44(7,8)9/h24-26,29-30,32,34,37-38,41,46H,2,15-23H2,1,3-14H3/t29-,30+,32-,34+,37+,38+,41?/m0/s1. The summed E-state index contributed by atoms with van der Waals surface area (Å²) in [6.07, 6.45) is 9.64. The lowest BCUT2D eigenvalue weighted by atomic mass is 9.59. The van der Waals surface area contributed by atoms with Gasteiger partial charge >= 0.3 is 5.97 Å². The lowest BCUT2D eigenvalue weighted by Gasteiger charge is -2.48. The van der Waals surface area contributed by atoms with Gasteiger partial charge in [0.1, 0.15) is 22.9 Å². The highest BCUT2D eigenvalue weighted by atomic mass is 28.4. The molecule has 7 heteroatoms. The Morgan fingerprint density at radius 1 is 1.08 bits per heavy atom. The van der Waals surface area contributed by atoms with Gasteiger partial charge in [0.2, 0.25) is 0 Å². The number of phenolic OH excluding ortho intramolecular Hbond substituents is 1. The number of carbonyl (C=O) groups excluding carboxylic acids is 2. The predicted octanol–water partition coefficient (Wildman–Crippen LogP) is 11.4. The molecule has 1 aromatic carbocycles. The number of benzene rings is 1. The Bertz CT molecular complexity index is 1550. The van der Waals surface area contributed by atoms with Crippen LogP contribution in [0.4, 0.5) is 0 Å². The third-order valence-corrected chi connectivity index (χ3v) is 17.0. The SMILES string of the molecule is C=C(C)[C@@H]1CCC(C)=C[C@H]1c1c(O)cc(CCCCC)cc1OCCCC1=C(C(=O)OC(C)(C)C)C2C(=O)[C@H]([C@@H](C)O[Si](C)(C)C(C)(C)C)[C@H]2[C@H]1C. The van der Waals surface area contributed by atoms with Crippen LogP contribution < -0.4 is 4.74 Å². The first-order valence-corrected chi connectivity index (χ1v) is 23.0. The summed E-state index contributed by atoms with van der Waals surface area (Å²) in [6, 6.07) is 4.07. The molecule has 0 heterocycles. The molecule has 0 radical (unpaired) electrons. The van der Waals surface area contributed by atoms with Crippen molar-refractivity contribution in [2.24, 2.45) is 29.6 Å². The number of fused-ring (bicyclic) bond motifs is 1. The van der Waals surface area contributed by atoms with Crippen LogP contribution >= 0.6 is 0 Å². The highest BCUT2D eigenvalue weighted by Crippen LogP contribution is 2.58. The second kappa shape index (κ2) is 16.4. The molecule has 6 nitrogen and oxygen atoms in total. The van der Waals surface area contributed by atoms with Crippen molar-refractivity contribution in [1.82, 2.24) is 0 Å². The highest BCUT2D eigenvalue weighted by molar-refractivity contribution is 6.74. The minimum absolute atomic E-state index is 0.00335. The molecule has 0 aromatic heterocycles. The zero-order chi connectivity index (χ0) is 38.9. The van der Waals surface area contributed by atoms with E-state index in [0.29, 0.717) is 30.8 Å². The van der Waals surface area contributed by atoms with E-state index < -0.39 is 19.8 Å². The molecule has 0 aliphatic heterocycles. The summed E-state index contributed by atoms with van der Waals surface area (Å²) < 4.78 is 19.4. The van der Waals surface area contributed by atoms with Gasteiger partial charge in [0.25, 0.3) is 0 Å². The Kier molecular flexibility index (Phi) is 13.3. The van der Waals surface area contributed by atoms with Gasteiger partial charge in [-0.25, -0.2) is 4.79 Å². The summed E-state index contributed by atoms with van der Waals surface area (Å²) in [5.41, 5.74) is 5.29. The quantitative estimate of drug-likeness (QED) is 0.0836. The van der Waals surface area contributed by atoms with Crippen molar-refractivity contribution in [3.63, 3.8) is 0 Å². The minimum atomic E-state index is -2.10. The highest BCUT2D eigenvalue weighted by Gasteiger charge is 2.62. The summed E-state index contributed by atoms with van der Waals surface area (Å²) in [4.78, 5) is 27.8. The van der Waals surface area contributed by atoms with Gasteiger partial charge in [-0.05, 0) is 134 Å². The molecule has 4 rings (SSSR count). The number of ether oxygens (including phenoxy) is 2. The number of aromatic hydroxyl groups is 1. The number of hydrogen-bond donors (Lipinski definition) is 1. The Morgan fingerprint density at radius 3 is 2.35 bits per heavy atom. The van der Waals surface area contributed by atoms with Crippen LogP contribution in [-0.4, -0.2) is 43.5 Å². The first-order chi connectivity index (χ1) is 24.1. The lowest BCUT2D eigenvalue weighted by molar-refractivity contribution is -0.157. The zero-order valence-electron chi connectivity index (χ0n) is 34.8. The van der Waals surface area contributed by atoms with Gasteiger partial charge in [0, 0.05) is 23.0 Å². The van der Waals surface area contributed by atoms with E-state index in [9.17, 15) is 14.7 Å². The van der Waals surface area contributed by atoms with Crippen LogP contribution in [0.25, 0.3) is 0 Å². The van der Waals surface area contributed by atoms with Crippen molar-refractivity contribution < 1.29 is 28.6 Å². The number of esters is 1. The predicted molar refractivity (Wildman–Crippen MR) is 215 cm³/mol. The second-order valence-corrected chi connectivity index (χ2v) is 23.5. The summed E-state index contributed by atoms with van der Waals surface area (Å²) in [6.45, 7) is 32.2. The van der Waals surface area contributed by atoms with Crippen molar-refractivity contribution in [3.8, 4) is 11.5 Å². The van der Waals surface area contributed by atoms with Gasteiger partial charge in [-0.3, -0.25) is 4.79 Å². The molecule has 0 bridgehead atoms. The Balaban J connectivity index is 1.60. The number of unbranched alkanes of at least 4 members (excludes halogenated alkanes) is 2. The summed E-state index contributed by atoms with van der Waals surface area (Å²) in [5, 5.41) is 11.6. The van der Waals surface area contributed by atoms with Crippen LogP contribution in [0.5, 0.6) is 11.5 Å². The lowest BCUT2D eigenvalue weighted by Crippen LogP contribution is -2.57. The number of ketones is 1. The van der Waals surface area contributed by atoms with E-state index in [-0.39, 0.29) is 52.5 Å². The maximum Gasteiger partial charge on any atom is 0.335 e. The normalized spacial score (nSPS) is 25.7. The first kappa shape index (κ1) is 42.1. The molecule has 0 amide bonds. The van der Waals surface area contributed by atoms with Crippen LogP contribution in [0, 0.1) is 29.6 Å². The van der Waals surface area contributed by atoms with E-state index in [1.54, 1.807) is 0 Å². The molecule has 7 atom stereocenters. The smallest absolute Gasteiger partial charge is 0.335 e. The van der Waals surface area contributed by atoms with Crippen LogP contribution in [0.1, 0.15) is 138 Å². The molecule has 0 saturated heterocycles. The molecule has 1 aromatic rings. The van der Waals surface area contributed by atoms with Crippen LogP contribution in [0.3, 0.4) is 0 Å². The number of Topliss-reactive ketones (excluding diaryl/α,β-unsaturated/α-hetero) is 1. The molecule has 1 unspecified atom stereocenters. The topological polar surface area (TPSA) is 82.1 Å². The fourth-order valence-electron chi connectivity index (χ4n) is 8.70. The molecule has 1 fully saturated rings. The van der Waals surface area contributed by atoms with E-state index in [0.717, 1.165) is 66.5 Å². The van der Waals surface area contributed by atoms with E-state index in [2.05, 4.69) is 87.2 Å². The van der Waals surface area contributed by atoms with Gasteiger partial charge in [0.15, 0.2) is 8.32 Å². The van der Waals surface area contributed by atoms with Crippen molar-refractivity contribution in [2.45, 2.75) is 163 Å². The number of allylic oxidation sites excluding steroid dienone is 4. The molecule has 0 spiro atoms. The molecule has 3 aliphatic carbocycles. The Morgan fingerprint density at radius 2 is 1.75 bits per heavy atom. The van der Waals surface area contributed by atoms with Crippen molar-refractivity contribution in [1.29, 1.82) is 0 Å². The third-order valence-electron chi connectivity index (χ3n) is 12.4. The van der Waals surface area contributed by atoms with Crippen molar-refractivity contribution in [2.75, 3.05) is 6.61 Å². The van der Waals surface area contributed by atoms with E-state index in [1.165, 1.54) is 5.57 Å². The molecule has 52 heavy (non-hydrogen) atoms. The first-order valence-electron chi connectivity index (χ1n) is 20.1. The van der Waals surface area contributed by atoms with Crippen LogP contribution in [-0.2, 0) is 25.2 Å². The molecule has 3 aliphatic rings. The van der Waals surface area contributed by atoms with Crippen molar-refractivity contribution >= 4 is 20.1 Å². The Labute approximate surface area is 317 Å². The second-order valence-electron chi connectivity index (χ2n) is 18.8. The molecule has 290 valence electrons. The largest absolute Gasteiger partial charge is 0.507 e. The van der Waals surface area contributed by atoms with Gasteiger partial charge < -0.3 is 19.0 Å². The maximum absolute atomic E-state index is 14.0. The zero-order valence-corrected chi connectivity index (χ0v) is 35.8. The summed E-state index contributed by atoms with van der Waals surface area (Å²) in [7, 11) is -2.10. The van der Waals surface area contributed by atoms with Gasteiger partial charge in [-0.1, -0.05) is 76.8 Å². The number of rotatable bonds is 15. The molecule has 1 N–H and O–H groups in total. The summed E-state index contributed by atoms with van der Waals surface area (Å²) in [5.74, 6) is 0.381. The van der Waals surface area contributed by atoms with Gasteiger partial charge in [0.05, 0.1) is 18.6 Å². The molecular weight excluding hydrogens is 665 g/mol. The molecular formula is C45H70O6Si. The van der Waals surface area contributed by atoms with E-state index >= 15 is 0 Å². The van der Waals surface area contributed by atoms with Crippen LogP contribution in [0.15, 0.2) is 47.1 Å². The van der Waals surface area contributed by atoms with Gasteiger partial charge in [-0.2, -0.15) is 0 Å². The number of phenols is 1. The van der Waals surface area contributed by atoms with Crippen LogP contribution in [0.2, 0.25) is 18.1 Å². The number of hydrogen-bond acceptors (Lipinski definition) is 6. The van der Waals surface area contributed by atoms with Gasteiger partial charge in [-0.15, -0.1) is 0 Å². The third kappa shape index (κ3) is 9.17. The average molecular weight is 735 g/mol. The van der Waals surface area contributed by atoms with E-state index in [4.69, 9.17) is 13.9 Å². The number of aryl methyl sites for hydroxylation is 1. The summed E-state index contributed by atoms with van der Waals surface area (Å²) >= 11 is 0. The average Bonchev–Trinajstić information content (AvgIpc) is 3.25. The fraction of sp³-hybridized carbons (Fsp3) is 0.689. The van der Waals surface area contributed by atoms with Crippen molar-refractivity contribution in [3.05, 3.63) is 58.2 Å². The van der Waals surface area contributed by atoms with E-state index in [1.807, 2.05) is 26.8 Å². The number of carbonyl (C=O) groups is 2. The maximum atomic E-state index is 14.0. The Hall–Kier alpha value is -2.64. The fourth-order valence-corrected chi connectivity index (χ4v) is 10.1. The monoisotopic (exact) mass is 734 g/mol.